The third-order valence-electron chi connectivity index (χ3n) is 2.18. The first-order chi connectivity index (χ1) is 8.54. The van der Waals surface area contributed by atoms with Gasteiger partial charge in [-0.3, -0.25) is 0 Å². The fraction of sp³-hybridized carbons (Fsp3) is 0.0909. The fourth-order valence-corrected chi connectivity index (χ4v) is 3.03. The molecule has 3 nitrogen and oxygen atoms in total. The molecule has 94 valence electrons. The first kappa shape index (κ1) is 13.5. The van der Waals surface area contributed by atoms with Crippen LogP contribution in [0.4, 0.5) is 4.39 Å². The molecule has 0 saturated heterocycles. The van der Waals surface area contributed by atoms with Crippen LogP contribution in [0.1, 0.15) is 10.5 Å². The Morgan fingerprint density at radius 1 is 1.56 bits per heavy atom. The van der Waals surface area contributed by atoms with E-state index in [9.17, 15) is 9.18 Å². The summed E-state index contributed by atoms with van der Waals surface area (Å²) in [5.74, 6) is -1.20. The number of benzene rings is 1. The minimum atomic E-state index is -0.619. The molecular formula is C11H6BrClFNO2S. The van der Waals surface area contributed by atoms with Crippen LogP contribution in [0, 0.1) is 5.82 Å². The van der Waals surface area contributed by atoms with E-state index >= 15 is 0 Å². The van der Waals surface area contributed by atoms with Crippen LogP contribution in [-0.4, -0.2) is 18.1 Å². The third-order valence-corrected chi connectivity index (χ3v) is 4.01. The summed E-state index contributed by atoms with van der Waals surface area (Å²) >= 11 is 10.0. The van der Waals surface area contributed by atoms with E-state index in [-0.39, 0.29) is 16.3 Å². The molecule has 0 spiro atoms. The van der Waals surface area contributed by atoms with Crippen molar-refractivity contribution in [3.63, 3.8) is 0 Å². The number of aromatic nitrogens is 1. The number of hydrogen-bond acceptors (Lipinski definition) is 4. The van der Waals surface area contributed by atoms with Gasteiger partial charge in [-0.05, 0) is 22.0 Å². The average Bonchev–Trinajstić information content (AvgIpc) is 2.73. The molecule has 0 radical (unpaired) electrons. The zero-order valence-electron chi connectivity index (χ0n) is 9.04. The van der Waals surface area contributed by atoms with Gasteiger partial charge in [0.25, 0.3) is 0 Å². The summed E-state index contributed by atoms with van der Waals surface area (Å²) in [5.41, 5.74) is 0.293. The van der Waals surface area contributed by atoms with Gasteiger partial charge in [0, 0.05) is 5.56 Å². The third kappa shape index (κ3) is 2.41. The molecular weight excluding hydrogens is 345 g/mol. The second-order valence-corrected chi connectivity index (χ2v) is 5.92. The molecule has 2 rings (SSSR count). The highest BCUT2D eigenvalue weighted by atomic mass is 79.9. The highest BCUT2D eigenvalue weighted by Gasteiger charge is 2.22. The molecule has 2 aromatic rings. The van der Waals surface area contributed by atoms with Gasteiger partial charge < -0.3 is 4.74 Å². The molecule has 1 heterocycles. The van der Waals surface area contributed by atoms with E-state index < -0.39 is 11.8 Å². The van der Waals surface area contributed by atoms with Crippen molar-refractivity contribution in [2.45, 2.75) is 0 Å². The van der Waals surface area contributed by atoms with Crippen molar-refractivity contribution >= 4 is 44.8 Å². The second kappa shape index (κ2) is 5.34. The predicted octanol–water partition coefficient (Wildman–Crippen LogP) is 4.15. The molecule has 0 bridgehead atoms. The fourth-order valence-electron chi connectivity index (χ4n) is 1.39. The molecule has 1 aromatic heterocycles. The highest BCUT2D eigenvalue weighted by molar-refractivity contribution is 9.11. The van der Waals surface area contributed by atoms with Crippen molar-refractivity contribution in [2.75, 3.05) is 7.11 Å². The van der Waals surface area contributed by atoms with Gasteiger partial charge in [-0.15, -0.1) is 11.3 Å². The highest BCUT2D eigenvalue weighted by Crippen LogP contribution is 2.36. The monoisotopic (exact) mass is 349 g/mol. The minimum Gasteiger partial charge on any atom is -0.464 e. The Morgan fingerprint density at radius 2 is 2.28 bits per heavy atom. The first-order valence-electron chi connectivity index (χ1n) is 4.73. The van der Waals surface area contributed by atoms with Crippen molar-refractivity contribution in [3.05, 3.63) is 38.6 Å². The standard InChI is InChI=1S/C11H6BrClFNO2S/c1-17-10(16)8-9(18-11(12)15-8)5-3-2-4-6(13)7(5)14/h2-4H,1H3. The number of carbonyl (C=O) groups excluding carboxylic acids is 1. The lowest BCUT2D eigenvalue weighted by Crippen LogP contribution is -2.03. The summed E-state index contributed by atoms with van der Waals surface area (Å²) in [6.45, 7) is 0. The van der Waals surface area contributed by atoms with E-state index in [1.807, 2.05) is 0 Å². The van der Waals surface area contributed by atoms with Crippen LogP contribution in [-0.2, 0) is 4.74 Å². The van der Waals surface area contributed by atoms with Gasteiger partial charge in [0.1, 0.15) is 5.82 Å². The van der Waals surface area contributed by atoms with E-state index in [1.54, 1.807) is 6.07 Å². The van der Waals surface area contributed by atoms with Crippen LogP contribution in [0.15, 0.2) is 22.1 Å². The van der Waals surface area contributed by atoms with Crippen molar-refractivity contribution in [2.24, 2.45) is 0 Å². The predicted molar refractivity (Wildman–Crippen MR) is 71.6 cm³/mol. The van der Waals surface area contributed by atoms with Crippen LogP contribution in [0.3, 0.4) is 0 Å². The van der Waals surface area contributed by atoms with Crippen LogP contribution >= 0.6 is 38.9 Å². The Kier molecular flexibility index (Phi) is 3.99. The van der Waals surface area contributed by atoms with E-state index in [0.29, 0.717) is 8.79 Å². The Labute approximate surface area is 120 Å². The van der Waals surface area contributed by atoms with Crippen LogP contribution < -0.4 is 0 Å². The van der Waals surface area contributed by atoms with Gasteiger partial charge >= 0.3 is 5.97 Å². The summed E-state index contributed by atoms with van der Waals surface area (Å²) in [6, 6.07) is 4.58. The van der Waals surface area contributed by atoms with Crippen molar-refractivity contribution < 1.29 is 13.9 Å². The van der Waals surface area contributed by atoms with Gasteiger partial charge in [-0.1, -0.05) is 23.7 Å². The summed E-state index contributed by atoms with van der Waals surface area (Å²) < 4.78 is 19.0. The number of hydrogen-bond donors (Lipinski definition) is 0. The van der Waals surface area contributed by atoms with Crippen molar-refractivity contribution in [1.29, 1.82) is 0 Å². The molecule has 0 saturated carbocycles. The maximum absolute atomic E-state index is 13.9. The van der Waals surface area contributed by atoms with Crippen molar-refractivity contribution in [3.8, 4) is 10.4 Å². The second-order valence-electron chi connectivity index (χ2n) is 3.24. The SMILES string of the molecule is COC(=O)c1nc(Br)sc1-c1cccc(Cl)c1F. The lowest BCUT2D eigenvalue weighted by molar-refractivity contribution is 0.0595. The van der Waals surface area contributed by atoms with E-state index in [2.05, 4.69) is 25.7 Å². The molecule has 0 atom stereocenters. The first-order valence-corrected chi connectivity index (χ1v) is 6.72. The Hall–Kier alpha value is -0.980. The zero-order valence-corrected chi connectivity index (χ0v) is 12.2. The number of halogens is 3. The maximum Gasteiger partial charge on any atom is 0.358 e. The zero-order chi connectivity index (χ0) is 13.3. The molecule has 0 N–H and O–H groups in total. The molecule has 0 aliphatic rings. The van der Waals surface area contributed by atoms with Gasteiger partial charge in [0.2, 0.25) is 0 Å². The van der Waals surface area contributed by atoms with Crippen LogP contribution in [0.2, 0.25) is 5.02 Å². The largest absolute Gasteiger partial charge is 0.464 e. The van der Waals surface area contributed by atoms with E-state index in [0.717, 1.165) is 11.3 Å². The van der Waals surface area contributed by atoms with Gasteiger partial charge in [0.15, 0.2) is 9.61 Å². The summed E-state index contributed by atoms with van der Waals surface area (Å²) in [4.78, 5) is 15.9. The molecule has 0 aliphatic carbocycles. The van der Waals surface area contributed by atoms with E-state index in [1.165, 1.54) is 19.2 Å². The lowest BCUT2D eigenvalue weighted by Gasteiger charge is -2.03. The van der Waals surface area contributed by atoms with Gasteiger partial charge in [0.05, 0.1) is 17.0 Å². The van der Waals surface area contributed by atoms with Crippen molar-refractivity contribution in [1.82, 2.24) is 4.98 Å². The number of esters is 1. The molecule has 0 fully saturated rings. The quantitative estimate of drug-likeness (QED) is 0.764. The number of carbonyl (C=O) groups is 1. The van der Waals surface area contributed by atoms with Crippen LogP contribution in [0.5, 0.6) is 0 Å². The van der Waals surface area contributed by atoms with Gasteiger partial charge in [-0.2, -0.15) is 0 Å². The summed E-state index contributed by atoms with van der Waals surface area (Å²) in [6.07, 6.45) is 0. The topological polar surface area (TPSA) is 39.2 Å². The lowest BCUT2D eigenvalue weighted by atomic mass is 10.1. The van der Waals surface area contributed by atoms with E-state index in [4.69, 9.17) is 11.6 Å². The summed E-state index contributed by atoms with van der Waals surface area (Å²) in [7, 11) is 1.24. The average molecular weight is 351 g/mol. The Bertz CT molecular complexity index is 617. The maximum atomic E-state index is 13.9. The van der Waals surface area contributed by atoms with Gasteiger partial charge in [-0.25, -0.2) is 14.2 Å². The van der Waals surface area contributed by atoms with Crippen LogP contribution in [0.25, 0.3) is 10.4 Å². The number of methoxy groups -OCH3 is 1. The number of nitrogens with zero attached hydrogens (tertiary/aromatic N) is 1. The molecule has 18 heavy (non-hydrogen) atoms. The molecule has 0 aliphatic heterocycles. The Morgan fingerprint density at radius 3 is 2.94 bits per heavy atom. The Balaban J connectivity index is 2.64. The number of thiazole rings is 1. The minimum absolute atomic E-state index is 0.00663. The molecule has 1 aromatic carbocycles. The molecule has 0 unspecified atom stereocenters. The molecule has 0 amide bonds. The normalized spacial score (nSPS) is 10.4. The smallest absolute Gasteiger partial charge is 0.358 e. The number of rotatable bonds is 2. The molecule has 7 heteroatoms. The number of ether oxygens (including phenoxy) is 1. The summed E-state index contributed by atoms with van der Waals surface area (Å²) in [5, 5.41) is -0.00663.